The Kier molecular flexibility index (Phi) is 4.19. The number of anilines is 1. The topological polar surface area (TPSA) is 41.6 Å². The molecule has 0 aromatic heterocycles. The van der Waals surface area contributed by atoms with Gasteiger partial charge in [0, 0.05) is 19.1 Å². The summed E-state index contributed by atoms with van der Waals surface area (Å²) in [5.41, 5.74) is 0.233. The zero-order valence-electron chi connectivity index (χ0n) is 10.7. The lowest BCUT2D eigenvalue weighted by Crippen LogP contribution is -2.48. The van der Waals surface area contributed by atoms with Crippen molar-refractivity contribution in [3.63, 3.8) is 0 Å². The normalized spacial score (nSPS) is 19.1. The number of piperidine rings is 1. The number of halogens is 2. The first-order chi connectivity index (χ1) is 9.11. The maximum absolute atomic E-state index is 13.7. The van der Waals surface area contributed by atoms with Gasteiger partial charge in [0.25, 0.3) is 0 Å². The number of benzene rings is 1. The molecule has 0 aliphatic carbocycles. The minimum atomic E-state index is -0.861. The molecule has 6 heteroatoms. The summed E-state index contributed by atoms with van der Waals surface area (Å²) in [5.74, 6) is -1.71. The quantitative estimate of drug-likeness (QED) is 0.896. The van der Waals surface area contributed by atoms with Gasteiger partial charge < -0.3 is 15.0 Å². The molecule has 1 fully saturated rings. The van der Waals surface area contributed by atoms with Crippen LogP contribution in [0.15, 0.2) is 18.2 Å². The average molecular weight is 270 g/mol. The number of rotatable bonds is 2. The van der Waals surface area contributed by atoms with Crippen molar-refractivity contribution in [3.05, 3.63) is 29.8 Å². The lowest BCUT2D eigenvalue weighted by atomic mass is 10.0. The van der Waals surface area contributed by atoms with Crippen LogP contribution in [0.1, 0.15) is 12.8 Å². The Balaban J connectivity index is 2.08. The van der Waals surface area contributed by atoms with Crippen LogP contribution in [-0.4, -0.2) is 32.3 Å². The molecule has 19 heavy (non-hydrogen) atoms. The molecule has 0 saturated carbocycles. The predicted molar refractivity (Wildman–Crippen MR) is 67.1 cm³/mol. The van der Waals surface area contributed by atoms with Crippen LogP contribution < -0.4 is 10.2 Å². The van der Waals surface area contributed by atoms with Crippen molar-refractivity contribution in [2.45, 2.75) is 18.9 Å². The highest BCUT2D eigenvalue weighted by Gasteiger charge is 2.24. The lowest BCUT2D eigenvalue weighted by Gasteiger charge is -2.34. The fourth-order valence-electron chi connectivity index (χ4n) is 2.28. The summed E-state index contributed by atoms with van der Waals surface area (Å²) in [6.45, 7) is 1.08. The Morgan fingerprint density at radius 3 is 3.00 bits per heavy atom. The van der Waals surface area contributed by atoms with E-state index in [0.717, 1.165) is 18.9 Å². The fraction of sp³-hybridized carbons (Fsp3) is 0.462. The van der Waals surface area contributed by atoms with Crippen molar-refractivity contribution < 1.29 is 18.3 Å². The van der Waals surface area contributed by atoms with E-state index >= 15 is 0 Å². The van der Waals surface area contributed by atoms with E-state index in [9.17, 15) is 13.6 Å². The maximum atomic E-state index is 13.7. The van der Waals surface area contributed by atoms with E-state index < -0.39 is 17.7 Å². The number of alkyl carbamates (subject to hydrolysis) is 1. The van der Waals surface area contributed by atoms with Crippen molar-refractivity contribution in [2.75, 3.05) is 25.1 Å². The highest BCUT2D eigenvalue weighted by molar-refractivity contribution is 5.67. The van der Waals surface area contributed by atoms with Gasteiger partial charge in [-0.3, -0.25) is 0 Å². The monoisotopic (exact) mass is 270 g/mol. The summed E-state index contributed by atoms with van der Waals surface area (Å²) in [6, 6.07) is 3.99. The Bertz CT molecular complexity index is 468. The van der Waals surface area contributed by atoms with Gasteiger partial charge in [-0.1, -0.05) is 6.07 Å². The number of amides is 1. The number of nitrogens with zero attached hydrogens (tertiary/aromatic N) is 1. The summed E-state index contributed by atoms with van der Waals surface area (Å²) < 4.78 is 31.5. The summed E-state index contributed by atoms with van der Waals surface area (Å²) in [6.07, 6.45) is 1.08. The van der Waals surface area contributed by atoms with Crippen LogP contribution in [0.3, 0.4) is 0 Å². The van der Waals surface area contributed by atoms with E-state index in [0.29, 0.717) is 13.1 Å². The second kappa shape index (κ2) is 5.86. The third-order valence-electron chi connectivity index (χ3n) is 3.20. The fourth-order valence-corrected chi connectivity index (χ4v) is 2.28. The highest BCUT2D eigenvalue weighted by Crippen LogP contribution is 2.24. The molecule has 1 aliphatic rings. The van der Waals surface area contributed by atoms with Gasteiger partial charge in [0.05, 0.1) is 12.8 Å². The first-order valence-corrected chi connectivity index (χ1v) is 6.15. The molecule has 1 aromatic rings. The molecular formula is C13H16F2N2O2. The predicted octanol–water partition coefficient (Wildman–Crippen LogP) is 2.29. The Morgan fingerprint density at radius 2 is 2.26 bits per heavy atom. The molecule has 1 atom stereocenters. The molecule has 1 aliphatic heterocycles. The number of nitrogens with one attached hydrogen (secondary N) is 1. The van der Waals surface area contributed by atoms with Gasteiger partial charge in [-0.15, -0.1) is 0 Å². The van der Waals surface area contributed by atoms with E-state index in [2.05, 4.69) is 10.1 Å². The molecule has 0 spiro atoms. The van der Waals surface area contributed by atoms with Crippen LogP contribution in [0.4, 0.5) is 19.3 Å². The standard InChI is InChI=1S/C13H16F2N2O2/c1-19-13(18)16-9-4-3-7-17(8-9)11-6-2-5-10(14)12(11)15/h2,5-6,9H,3-4,7-8H2,1H3,(H,16,18). The third-order valence-corrected chi connectivity index (χ3v) is 3.20. The van der Waals surface area contributed by atoms with Crippen molar-refractivity contribution in [2.24, 2.45) is 0 Å². The lowest BCUT2D eigenvalue weighted by molar-refractivity contribution is 0.165. The summed E-state index contributed by atoms with van der Waals surface area (Å²) in [4.78, 5) is 12.9. The van der Waals surface area contributed by atoms with Crippen molar-refractivity contribution >= 4 is 11.8 Å². The van der Waals surface area contributed by atoms with Gasteiger partial charge >= 0.3 is 6.09 Å². The highest BCUT2D eigenvalue weighted by atomic mass is 19.2. The first-order valence-electron chi connectivity index (χ1n) is 6.15. The average Bonchev–Trinajstić information content (AvgIpc) is 2.42. The Hall–Kier alpha value is -1.85. The zero-order chi connectivity index (χ0) is 13.8. The van der Waals surface area contributed by atoms with Crippen LogP contribution in [0.5, 0.6) is 0 Å². The molecule has 4 nitrogen and oxygen atoms in total. The van der Waals surface area contributed by atoms with Crippen LogP contribution in [0.25, 0.3) is 0 Å². The summed E-state index contributed by atoms with van der Waals surface area (Å²) in [5, 5.41) is 2.68. The maximum Gasteiger partial charge on any atom is 0.407 e. The van der Waals surface area contributed by atoms with Gasteiger partial charge in [-0.05, 0) is 25.0 Å². The smallest absolute Gasteiger partial charge is 0.407 e. The molecule has 1 heterocycles. The SMILES string of the molecule is COC(=O)NC1CCCN(c2cccc(F)c2F)C1. The van der Waals surface area contributed by atoms with Gasteiger partial charge in [0.1, 0.15) is 0 Å². The van der Waals surface area contributed by atoms with Crippen molar-refractivity contribution in [1.29, 1.82) is 0 Å². The number of methoxy groups -OCH3 is 1. The van der Waals surface area contributed by atoms with E-state index in [1.54, 1.807) is 11.0 Å². The van der Waals surface area contributed by atoms with Crippen molar-refractivity contribution in [3.8, 4) is 0 Å². The molecule has 0 radical (unpaired) electrons. The van der Waals surface area contributed by atoms with E-state index in [1.807, 2.05) is 0 Å². The first kappa shape index (κ1) is 13.6. The molecule has 1 unspecified atom stereocenters. The second-order valence-electron chi connectivity index (χ2n) is 4.49. The van der Waals surface area contributed by atoms with Gasteiger partial charge in [-0.25, -0.2) is 13.6 Å². The van der Waals surface area contributed by atoms with Crippen LogP contribution in [0, 0.1) is 11.6 Å². The zero-order valence-corrected chi connectivity index (χ0v) is 10.7. The number of hydrogen-bond donors (Lipinski definition) is 1. The molecule has 2 rings (SSSR count). The molecular weight excluding hydrogens is 254 g/mol. The Labute approximate surface area is 110 Å². The van der Waals surface area contributed by atoms with E-state index in [4.69, 9.17) is 0 Å². The minimum Gasteiger partial charge on any atom is -0.453 e. The molecule has 1 aromatic carbocycles. The molecule has 1 N–H and O–H groups in total. The number of carbonyl (C=O) groups is 1. The van der Waals surface area contributed by atoms with Gasteiger partial charge in [-0.2, -0.15) is 0 Å². The molecule has 0 bridgehead atoms. The largest absolute Gasteiger partial charge is 0.453 e. The second-order valence-corrected chi connectivity index (χ2v) is 4.49. The summed E-state index contributed by atoms with van der Waals surface area (Å²) >= 11 is 0. The summed E-state index contributed by atoms with van der Waals surface area (Å²) in [7, 11) is 1.29. The minimum absolute atomic E-state index is 0.121. The van der Waals surface area contributed by atoms with Crippen molar-refractivity contribution in [1.82, 2.24) is 5.32 Å². The number of carbonyl (C=O) groups excluding carboxylic acids is 1. The third kappa shape index (κ3) is 3.13. The van der Waals surface area contributed by atoms with Crippen LogP contribution in [-0.2, 0) is 4.74 Å². The Morgan fingerprint density at radius 1 is 1.47 bits per heavy atom. The van der Waals surface area contributed by atoms with E-state index in [-0.39, 0.29) is 11.7 Å². The van der Waals surface area contributed by atoms with E-state index in [1.165, 1.54) is 13.2 Å². The van der Waals surface area contributed by atoms with Gasteiger partial charge in [0.15, 0.2) is 11.6 Å². The molecule has 1 amide bonds. The van der Waals surface area contributed by atoms with Gasteiger partial charge in [0.2, 0.25) is 0 Å². The van der Waals surface area contributed by atoms with Crippen LogP contribution >= 0.6 is 0 Å². The molecule has 104 valence electrons. The van der Waals surface area contributed by atoms with Crippen LogP contribution in [0.2, 0.25) is 0 Å². The molecule has 1 saturated heterocycles. The number of hydrogen-bond acceptors (Lipinski definition) is 3. The number of ether oxygens (including phenoxy) is 1.